The molecule has 0 saturated heterocycles. The number of carbonyl (C=O) groups excluding carboxylic acids is 2. The average Bonchev–Trinajstić information content (AvgIpc) is 2.29. The number of amides is 2. The summed E-state index contributed by atoms with van der Waals surface area (Å²) in [5.41, 5.74) is 11.1. The molecular weight excluding hydrogens is 224 g/mol. The Labute approximate surface area is 97.1 Å². The van der Waals surface area contributed by atoms with Crippen LogP contribution in [0.15, 0.2) is 18.5 Å². The van der Waals surface area contributed by atoms with E-state index in [1.165, 1.54) is 12.4 Å². The van der Waals surface area contributed by atoms with E-state index in [-0.39, 0.29) is 12.3 Å². The first-order chi connectivity index (χ1) is 8.08. The third-order valence-electron chi connectivity index (χ3n) is 2.44. The number of nitrogens with zero attached hydrogens (tertiary/aromatic N) is 1. The highest BCUT2D eigenvalue weighted by molar-refractivity contribution is 5.98. The number of nitrogens with two attached hydrogens (primary N) is 2. The molecule has 2 atom stereocenters. The van der Waals surface area contributed by atoms with Crippen molar-refractivity contribution in [3.63, 3.8) is 0 Å². The van der Waals surface area contributed by atoms with E-state index in [1.807, 2.05) is 0 Å². The lowest BCUT2D eigenvalue weighted by atomic mass is 10.1. The van der Waals surface area contributed by atoms with Crippen LogP contribution >= 0.6 is 0 Å². The number of pyridine rings is 1. The minimum absolute atomic E-state index is 0.0372. The van der Waals surface area contributed by atoms with Crippen LogP contribution in [-0.4, -0.2) is 28.9 Å². The Morgan fingerprint density at radius 1 is 1.65 bits per heavy atom. The summed E-state index contributed by atoms with van der Waals surface area (Å²) >= 11 is 0. The third-order valence-corrected chi connectivity index (χ3v) is 2.44. The van der Waals surface area contributed by atoms with E-state index in [4.69, 9.17) is 16.2 Å². The van der Waals surface area contributed by atoms with Gasteiger partial charge in [0.1, 0.15) is 0 Å². The maximum atomic E-state index is 11.7. The smallest absolute Gasteiger partial charge is 0.265 e. The molecule has 0 spiro atoms. The molecular formula is C10H12N4O3. The van der Waals surface area contributed by atoms with Crippen molar-refractivity contribution in [3.05, 3.63) is 18.5 Å². The van der Waals surface area contributed by atoms with Crippen molar-refractivity contribution in [1.82, 2.24) is 4.98 Å². The van der Waals surface area contributed by atoms with Gasteiger partial charge in [0.15, 0.2) is 11.9 Å². The Morgan fingerprint density at radius 2 is 2.41 bits per heavy atom. The minimum atomic E-state index is -0.913. The van der Waals surface area contributed by atoms with Crippen LogP contribution in [0.2, 0.25) is 0 Å². The molecule has 2 rings (SSSR count). The third kappa shape index (κ3) is 2.34. The second kappa shape index (κ2) is 4.38. The zero-order valence-corrected chi connectivity index (χ0v) is 8.92. The van der Waals surface area contributed by atoms with Gasteiger partial charge in [-0.05, 0) is 6.07 Å². The molecule has 1 aliphatic rings. The van der Waals surface area contributed by atoms with E-state index in [0.29, 0.717) is 11.4 Å². The lowest BCUT2D eigenvalue weighted by Crippen LogP contribution is -2.45. The van der Waals surface area contributed by atoms with Gasteiger partial charge in [-0.25, -0.2) is 0 Å². The predicted molar refractivity (Wildman–Crippen MR) is 59.1 cm³/mol. The number of anilines is 1. The lowest BCUT2D eigenvalue weighted by molar-refractivity contribution is -0.125. The summed E-state index contributed by atoms with van der Waals surface area (Å²) in [6.45, 7) is 0. The highest BCUT2D eigenvalue weighted by atomic mass is 16.5. The molecule has 1 aromatic rings. The summed E-state index contributed by atoms with van der Waals surface area (Å²) in [5.74, 6) is -0.562. The summed E-state index contributed by atoms with van der Waals surface area (Å²) in [5, 5.41) is 2.64. The highest BCUT2D eigenvalue weighted by Gasteiger charge is 2.30. The van der Waals surface area contributed by atoms with Crippen LogP contribution in [0.4, 0.5) is 5.69 Å². The summed E-state index contributed by atoms with van der Waals surface area (Å²) in [6, 6.07) is 0.709. The SMILES string of the molecule is NC(=O)[C@@H](N)C[C@@H]1Oc2cnccc2NC1=O. The van der Waals surface area contributed by atoms with Gasteiger partial charge in [-0.3, -0.25) is 14.6 Å². The number of carbonyl (C=O) groups is 2. The number of fused-ring (bicyclic) bond motifs is 1. The van der Waals surface area contributed by atoms with Gasteiger partial charge in [0.05, 0.1) is 17.9 Å². The van der Waals surface area contributed by atoms with Crippen molar-refractivity contribution in [2.75, 3.05) is 5.32 Å². The lowest BCUT2D eigenvalue weighted by Gasteiger charge is -2.26. The fourth-order valence-electron chi connectivity index (χ4n) is 1.50. The molecule has 2 heterocycles. The van der Waals surface area contributed by atoms with E-state index in [9.17, 15) is 9.59 Å². The van der Waals surface area contributed by atoms with Gasteiger partial charge >= 0.3 is 0 Å². The Bertz CT molecular complexity index is 463. The maximum Gasteiger partial charge on any atom is 0.265 e. The minimum Gasteiger partial charge on any atom is -0.477 e. The van der Waals surface area contributed by atoms with E-state index in [2.05, 4.69) is 10.3 Å². The largest absolute Gasteiger partial charge is 0.477 e. The Hall–Kier alpha value is -2.15. The number of hydrogen-bond donors (Lipinski definition) is 3. The van der Waals surface area contributed by atoms with Crippen molar-refractivity contribution in [1.29, 1.82) is 0 Å². The zero-order chi connectivity index (χ0) is 12.4. The topological polar surface area (TPSA) is 120 Å². The zero-order valence-electron chi connectivity index (χ0n) is 8.92. The number of rotatable bonds is 3. The quantitative estimate of drug-likeness (QED) is 0.620. The molecule has 90 valence electrons. The van der Waals surface area contributed by atoms with Crippen LogP contribution in [0.3, 0.4) is 0 Å². The summed E-state index contributed by atoms with van der Waals surface area (Å²) in [7, 11) is 0. The van der Waals surface area contributed by atoms with Gasteiger partial charge in [-0.2, -0.15) is 0 Å². The molecule has 0 bridgehead atoms. The maximum absolute atomic E-state index is 11.7. The molecule has 0 aromatic carbocycles. The standard InChI is InChI=1S/C10H12N4O3/c11-5(9(12)15)3-7-10(16)14-6-1-2-13-4-8(6)17-7/h1-2,4-5,7H,3,11H2,(H2,12,15)(H,14,16)/t5-,7-/m0/s1. The molecule has 1 aromatic heterocycles. The fraction of sp³-hybridized carbons (Fsp3) is 0.300. The van der Waals surface area contributed by atoms with Gasteiger partial charge < -0.3 is 21.5 Å². The van der Waals surface area contributed by atoms with Crippen molar-refractivity contribution in [2.45, 2.75) is 18.6 Å². The number of hydrogen-bond acceptors (Lipinski definition) is 5. The average molecular weight is 236 g/mol. The van der Waals surface area contributed by atoms with Crippen molar-refractivity contribution >= 4 is 17.5 Å². The monoisotopic (exact) mass is 236 g/mol. The van der Waals surface area contributed by atoms with Gasteiger partial charge in [0.25, 0.3) is 5.91 Å². The second-order valence-electron chi connectivity index (χ2n) is 3.71. The molecule has 17 heavy (non-hydrogen) atoms. The van der Waals surface area contributed by atoms with Gasteiger partial charge in [-0.15, -0.1) is 0 Å². The molecule has 2 amide bonds. The number of ether oxygens (including phenoxy) is 1. The summed E-state index contributed by atoms with van der Waals surface area (Å²) in [4.78, 5) is 26.3. The van der Waals surface area contributed by atoms with Crippen LogP contribution in [0, 0.1) is 0 Å². The van der Waals surface area contributed by atoms with Crippen molar-refractivity contribution < 1.29 is 14.3 Å². The summed E-state index contributed by atoms with van der Waals surface area (Å²) in [6.07, 6.45) is 2.24. The summed E-state index contributed by atoms with van der Waals surface area (Å²) < 4.78 is 5.40. The van der Waals surface area contributed by atoms with Gasteiger partial charge in [-0.1, -0.05) is 0 Å². The van der Waals surface area contributed by atoms with E-state index in [1.54, 1.807) is 6.07 Å². The fourth-order valence-corrected chi connectivity index (χ4v) is 1.50. The number of aromatic nitrogens is 1. The molecule has 1 aliphatic heterocycles. The molecule has 5 N–H and O–H groups in total. The Morgan fingerprint density at radius 3 is 3.12 bits per heavy atom. The first-order valence-corrected chi connectivity index (χ1v) is 5.04. The van der Waals surface area contributed by atoms with Crippen LogP contribution in [-0.2, 0) is 9.59 Å². The molecule has 7 nitrogen and oxygen atoms in total. The first-order valence-electron chi connectivity index (χ1n) is 5.04. The highest BCUT2D eigenvalue weighted by Crippen LogP contribution is 2.28. The van der Waals surface area contributed by atoms with E-state index >= 15 is 0 Å². The molecule has 0 unspecified atom stereocenters. The van der Waals surface area contributed by atoms with Crippen LogP contribution < -0.4 is 21.5 Å². The molecule has 0 radical (unpaired) electrons. The molecule has 7 heteroatoms. The van der Waals surface area contributed by atoms with Gasteiger partial charge in [0.2, 0.25) is 5.91 Å². The van der Waals surface area contributed by atoms with E-state index in [0.717, 1.165) is 0 Å². The Balaban J connectivity index is 2.12. The van der Waals surface area contributed by atoms with Crippen molar-refractivity contribution in [3.8, 4) is 5.75 Å². The molecule has 0 aliphatic carbocycles. The second-order valence-corrected chi connectivity index (χ2v) is 3.71. The molecule has 0 saturated carbocycles. The van der Waals surface area contributed by atoms with Crippen molar-refractivity contribution in [2.24, 2.45) is 11.5 Å². The van der Waals surface area contributed by atoms with E-state index < -0.39 is 18.1 Å². The van der Waals surface area contributed by atoms with Crippen LogP contribution in [0.25, 0.3) is 0 Å². The normalized spacial score (nSPS) is 19.8. The number of nitrogens with one attached hydrogen (secondary N) is 1. The van der Waals surface area contributed by atoms with Gasteiger partial charge in [0, 0.05) is 12.6 Å². The van der Waals surface area contributed by atoms with Crippen LogP contribution in [0.5, 0.6) is 5.75 Å². The Kier molecular flexibility index (Phi) is 2.92. The predicted octanol–water partition coefficient (Wildman–Crippen LogP) is -1.02. The number of primary amides is 1. The first kappa shape index (κ1) is 11.3. The molecule has 0 fully saturated rings. The van der Waals surface area contributed by atoms with Crippen LogP contribution in [0.1, 0.15) is 6.42 Å².